The summed E-state index contributed by atoms with van der Waals surface area (Å²) in [4.78, 5) is 43.1. The number of hydrogen-bond acceptors (Lipinski definition) is 7. The molecule has 6 rings (SSSR count). The van der Waals surface area contributed by atoms with Gasteiger partial charge in [-0.15, -0.1) is 4.90 Å². The molecule has 2 aromatic heterocycles. The number of carbonyl (C=O) groups is 3. The van der Waals surface area contributed by atoms with Crippen molar-refractivity contribution in [2.75, 3.05) is 41.4 Å². The molecule has 0 radical (unpaired) electrons. The number of carbonyl (C=O) groups excluding carboxylic acids is 3. The Morgan fingerprint density at radius 2 is 1.80 bits per heavy atom. The number of fused-ring (bicyclic) bond motifs is 1. The Morgan fingerprint density at radius 3 is 2.50 bits per heavy atom. The number of morpholine rings is 1. The van der Waals surface area contributed by atoms with Crippen LogP contribution in [0.15, 0.2) is 67.0 Å². The van der Waals surface area contributed by atoms with E-state index in [0.29, 0.717) is 30.4 Å². The summed E-state index contributed by atoms with van der Waals surface area (Å²) in [5.74, 6) is -1.90. The SMILES string of the molecule is Cc1cc(NC(=O)C2C=[N+](C(C)C)C(=O)N(c3ccc(F)cc3)C2=O)ccc1Oc1cc(N2CCOCC2)cn2nccc12. The van der Waals surface area contributed by atoms with Gasteiger partial charge in [0.25, 0.3) is 0 Å². The molecule has 4 amide bonds. The number of nitrogens with one attached hydrogen (secondary N) is 1. The third-order valence-electron chi connectivity index (χ3n) is 7.63. The molecule has 1 unspecified atom stereocenters. The largest absolute Gasteiger partial charge is 0.505 e. The second-order valence-corrected chi connectivity index (χ2v) is 11.0. The number of imide groups is 1. The third-order valence-corrected chi connectivity index (χ3v) is 7.63. The number of amides is 4. The van der Waals surface area contributed by atoms with E-state index in [2.05, 4.69) is 15.3 Å². The molecule has 4 heterocycles. The summed E-state index contributed by atoms with van der Waals surface area (Å²) < 4.78 is 28.5. The fourth-order valence-electron chi connectivity index (χ4n) is 5.28. The number of rotatable bonds is 7. The Balaban J connectivity index is 1.23. The van der Waals surface area contributed by atoms with Gasteiger partial charge in [-0.05, 0) is 74.9 Å². The van der Waals surface area contributed by atoms with Crippen molar-refractivity contribution in [1.29, 1.82) is 0 Å². The van der Waals surface area contributed by atoms with Crippen LogP contribution in [0.2, 0.25) is 0 Å². The van der Waals surface area contributed by atoms with Crippen LogP contribution in [-0.4, -0.2) is 70.6 Å². The van der Waals surface area contributed by atoms with Crippen molar-refractivity contribution in [3.8, 4) is 11.5 Å². The first-order chi connectivity index (χ1) is 21.2. The predicted molar refractivity (Wildman–Crippen MR) is 162 cm³/mol. The first-order valence-electron chi connectivity index (χ1n) is 14.4. The number of urea groups is 1. The summed E-state index contributed by atoms with van der Waals surface area (Å²) >= 11 is 0. The number of ether oxygens (including phenoxy) is 2. The van der Waals surface area contributed by atoms with E-state index in [0.717, 1.165) is 46.9 Å². The van der Waals surface area contributed by atoms with Gasteiger partial charge in [-0.3, -0.25) is 4.79 Å². The lowest BCUT2D eigenvalue weighted by atomic mass is 10.0. The van der Waals surface area contributed by atoms with E-state index < -0.39 is 29.6 Å². The van der Waals surface area contributed by atoms with Gasteiger partial charge in [-0.2, -0.15) is 14.5 Å². The van der Waals surface area contributed by atoms with E-state index in [1.807, 2.05) is 25.3 Å². The molecule has 1 N–H and O–H groups in total. The van der Waals surface area contributed by atoms with Gasteiger partial charge in [-0.25, -0.2) is 13.7 Å². The van der Waals surface area contributed by atoms with Crippen molar-refractivity contribution in [3.63, 3.8) is 0 Å². The number of pyridine rings is 1. The number of halogens is 1. The lowest BCUT2D eigenvalue weighted by Gasteiger charge is -2.29. The van der Waals surface area contributed by atoms with Gasteiger partial charge in [0.1, 0.15) is 22.8 Å². The molecule has 11 nitrogen and oxygen atoms in total. The van der Waals surface area contributed by atoms with Gasteiger partial charge in [-0.1, -0.05) is 0 Å². The Hall–Kier alpha value is -5.10. The van der Waals surface area contributed by atoms with Gasteiger partial charge >= 0.3 is 11.9 Å². The highest BCUT2D eigenvalue weighted by Gasteiger charge is 2.48. The highest BCUT2D eigenvalue weighted by molar-refractivity contribution is 6.28. The molecule has 0 bridgehead atoms. The van der Waals surface area contributed by atoms with Crippen LogP contribution in [0, 0.1) is 18.7 Å². The first-order valence-corrected chi connectivity index (χ1v) is 14.4. The summed E-state index contributed by atoms with van der Waals surface area (Å²) in [6.45, 7) is 8.26. The molecule has 2 aliphatic heterocycles. The standard InChI is InChI=1S/C32H31FN6O5/c1-20(2)37-19-26(31(41)39(32(37)42)24-7-4-22(33)5-8-24)30(40)35-23-6-9-28(21(3)16-23)44-29-17-25(36-12-14-43-15-13-36)18-38-27(29)10-11-34-38/h4-11,16-20,26H,12-15H2,1-3H3/p+1. The van der Waals surface area contributed by atoms with Crippen molar-refractivity contribution >= 4 is 46.6 Å². The van der Waals surface area contributed by atoms with Gasteiger partial charge in [0.05, 0.1) is 43.6 Å². The van der Waals surface area contributed by atoms with Crippen LogP contribution < -0.4 is 19.9 Å². The van der Waals surface area contributed by atoms with Crippen LogP contribution in [0.1, 0.15) is 19.4 Å². The molecule has 1 atom stereocenters. The minimum Gasteiger partial charge on any atom is -0.455 e. The molecule has 0 spiro atoms. The molecular weight excluding hydrogens is 567 g/mol. The van der Waals surface area contributed by atoms with Gasteiger partial charge in [0.15, 0.2) is 11.7 Å². The zero-order valence-electron chi connectivity index (χ0n) is 24.6. The van der Waals surface area contributed by atoms with E-state index in [-0.39, 0.29) is 11.7 Å². The van der Waals surface area contributed by atoms with E-state index in [9.17, 15) is 18.8 Å². The van der Waals surface area contributed by atoms with Gasteiger partial charge < -0.3 is 19.7 Å². The zero-order valence-corrected chi connectivity index (χ0v) is 24.6. The lowest BCUT2D eigenvalue weighted by molar-refractivity contribution is -0.459. The smallest absolute Gasteiger partial charge is 0.455 e. The lowest BCUT2D eigenvalue weighted by Crippen LogP contribution is -2.55. The van der Waals surface area contributed by atoms with E-state index in [4.69, 9.17) is 9.47 Å². The Kier molecular flexibility index (Phi) is 7.83. The number of nitrogens with zero attached hydrogens (tertiary/aromatic N) is 5. The first kappa shape index (κ1) is 29.0. The maximum absolute atomic E-state index is 13.5. The van der Waals surface area contributed by atoms with E-state index in [1.54, 1.807) is 42.8 Å². The molecule has 12 heteroatoms. The molecule has 1 fully saturated rings. The van der Waals surface area contributed by atoms with Crippen molar-refractivity contribution < 1.29 is 32.8 Å². The van der Waals surface area contributed by atoms with Crippen LogP contribution >= 0.6 is 0 Å². The quantitative estimate of drug-likeness (QED) is 0.244. The number of benzene rings is 2. The fraction of sp³-hybridized carbons (Fsp3) is 0.281. The average molecular weight is 600 g/mol. The Labute approximate surface area is 253 Å². The monoisotopic (exact) mass is 599 g/mol. The van der Waals surface area contributed by atoms with Crippen molar-refractivity contribution in [2.24, 2.45) is 5.92 Å². The molecule has 2 aromatic carbocycles. The topological polar surface area (TPSA) is 108 Å². The Bertz CT molecular complexity index is 1780. The third kappa shape index (κ3) is 5.63. The molecule has 1 saturated heterocycles. The normalized spacial score (nSPS) is 17.3. The van der Waals surface area contributed by atoms with Crippen molar-refractivity contribution in [2.45, 2.75) is 26.8 Å². The summed E-state index contributed by atoms with van der Waals surface area (Å²) in [6.07, 6.45) is 5.02. The average Bonchev–Trinajstić information content (AvgIpc) is 3.49. The number of aryl methyl sites for hydroxylation is 1. The van der Waals surface area contributed by atoms with Crippen LogP contribution in [0.4, 0.5) is 26.2 Å². The summed E-state index contributed by atoms with van der Waals surface area (Å²) in [5, 5.41) is 7.20. The highest BCUT2D eigenvalue weighted by atomic mass is 19.1. The molecular formula is C32H32FN6O5+. The number of aromatic nitrogens is 2. The second-order valence-electron chi connectivity index (χ2n) is 11.0. The summed E-state index contributed by atoms with van der Waals surface area (Å²) in [7, 11) is 0. The van der Waals surface area contributed by atoms with Crippen LogP contribution in [0.25, 0.3) is 5.52 Å². The highest BCUT2D eigenvalue weighted by Crippen LogP contribution is 2.33. The maximum Gasteiger partial charge on any atom is 0.505 e. The van der Waals surface area contributed by atoms with E-state index in [1.165, 1.54) is 22.9 Å². The number of anilines is 3. The van der Waals surface area contributed by atoms with Crippen LogP contribution in [0.5, 0.6) is 11.5 Å². The van der Waals surface area contributed by atoms with Gasteiger partial charge in [0, 0.05) is 24.8 Å². The van der Waals surface area contributed by atoms with Crippen molar-refractivity contribution in [1.82, 2.24) is 9.61 Å². The minimum atomic E-state index is -1.28. The van der Waals surface area contributed by atoms with E-state index >= 15 is 0 Å². The number of hydrogen-bond donors (Lipinski definition) is 1. The van der Waals surface area contributed by atoms with Crippen LogP contribution in [-0.2, 0) is 14.3 Å². The van der Waals surface area contributed by atoms with Gasteiger partial charge in [0.2, 0.25) is 5.91 Å². The molecule has 44 heavy (non-hydrogen) atoms. The van der Waals surface area contributed by atoms with Crippen molar-refractivity contribution in [3.05, 3.63) is 78.4 Å². The molecule has 226 valence electrons. The van der Waals surface area contributed by atoms with Crippen LogP contribution in [0.3, 0.4) is 0 Å². The second kappa shape index (κ2) is 11.9. The molecule has 0 saturated carbocycles. The summed E-state index contributed by atoms with van der Waals surface area (Å²) in [6, 6.07) is 13.1. The molecule has 2 aliphatic rings. The minimum absolute atomic E-state index is 0.181. The molecule has 4 aromatic rings. The predicted octanol–water partition coefficient (Wildman–Crippen LogP) is 4.62. The fourth-order valence-corrected chi connectivity index (χ4v) is 5.28. The maximum atomic E-state index is 13.5. The molecule has 0 aliphatic carbocycles. The zero-order chi connectivity index (χ0) is 31.0. The Morgan fingerprint density at radius 1 is 1.05 bits per heavy atom. The summed E-state index contributed by atoms with van der Waals surface area (Å²) in [5.41, 5.74) is 3.17.